The summed E-state index contributed by atoms with van der Waals surface area (Å²) in [4.78, 5) is 0. The number of rotatable bonds is 4. The first-order valence-corrected chi connectivity index (χ1v) is 22.6. The Labute approximate surface area is 341 Å². The Hall–Kier alpha value is -2.25. The third-order valence-corrected chi connectivity index (χ3v) is 20.3. The van der Waals surface area contributed by atoms with Gasteiger partial charge in [-0.15, -0.1) is 0 Å². The topological polar surface area (TPSA) is 0 Å². The Kier molecular flexibility index (Phi) is 10.5. The van der Waals surface area contributed by atoms with Crippen molar-refractivity contribution in [3.8, 4) is 11.1 Å². The summed E-state index contributed by atoms with van der Waals surface area (Å²) >= 11 is 10.7. The van der Waals surface area contributed by atoms with E-state index in [9.17, 15) is 0 Å². The molecule has 0 nitrogen and oxygen atoms in total. The van der Waals surface area contributed by atoms with Crippen LogP contribution in [0.5, 0.6) is 0 Å². The maximum absolute atomic E-state index is 6.84. The molecule has 0 saturated heterocycles. The van der Waals surface area contributed by atoms with Crippen molar-refractivity contribution in [3.05, 3.63) is 161 Å². The Morgan fingerprint density at radius 2 is 1.13 bits per heavy atom. The van der Waals surface area contributed by atoms with Gasteiger partial charge in [0, 0.05) is 0 Å². The zero-order valence-corrected chi connectivity index (χ0v) is 37.0. The van der Waals surface area contributed by atoms with Gasteiger partial charge in [-0.05, 0) is 0 Å². The van der Waals surface area contributed by atoms with Crippen molar-refractivity contribution in [2.75, 3.05) is 0 Å². The first-order valence-electron chi connectivity index (χ1n) is 18.0. The summed E-state index contributed by atoms with van der Waals surface area (Å²) in [6.07, 6.45) is 11.1. The quantitative estimate of drug-likeness (QED) is 0.199. The van der Waals surface area contributed by atoms with Crippen molar-refractivity contribution < 1.29 is 46.1 Å². The number of benzene rings is 4. The van der Waals surface area contributed by atoms with E-state index in [1.54, 1.807) is 3.28 Å². The van der Waals surface area contributed by atoms with Crippen LogP contribution in [0.15, 0.2) is 106 Å². The first kappa shape index (κ1) is 39.4. The molecule has 0 atom stereocenters. The van der Waals surface area contributed by atoms with E-state index in [2.05, 4.69) is 147 Å². The molecule has 0 amide bonds. The predicted molar refractivity (Wildman–Crippen MR) is 213 cm³/mol. The molecule has 0 heterocycles. The van der Waals surface area contributed by atoms with Crippen molar-refractivity contribution in [1.82, 2.24) is 0 Å². The van der Waals surface area contributed by atoms with Crippen molar-refractivity contribution in [2.45, 2.75) is 83.2 Å². The second-order valence-corrected chi connectivity index (χ2v) is 24.2. The third kappa shape index (κ3) is 6.50. The van der Waals surface area contributed by atoms with Crippen LogP contribution < -0.4 is 24.8 Å². The molecule has 5 heteroatoms. The molecule has 4 aromatic carbocycles. The fourth-order valence-corrected chi connectivity index (χ4v) is 18.6. The number of halogens is 4. The largest absolute Gasteiger partial charge is 1.00 e. The second-order valence-electron chi connectivity index (χ2n) is 17.1. The zero-order chi connectivity index (χ0) is 35.5. The Morgan fingerprint density at radius 1 is 0.673 bits per heavy atom. The van der Waals surface area contributed by atoms with Gasteiger partial charge in [0.2, 0.25) is 0 Å². The maximum Gasteiger partial charge on any atom is -1.00 e. The predicted octanol–water partition coefficient (Wildman–Crippen LogP) is 7.61. The van der Waals surface area contributed by atoms with Crippen LogP contribution >= 0.6 is 23.2 Å². The van der Waals surface area contributed by atoms with Gasteiger partial charge in [0.15, 0.2) is 0 Å². The summed E-state index contributed by atoms with van der Waals surface area (Å²) in [5.74, 6) is 0. The van der Waals surface area contributed by atoms with E-state index in [1.807, 2.05) is 12.1 Å². The van der Waals surface area contributed by atoms with E-state index in [0.29, 0.717) is 3.63 Å². The second kappa shape index (κ2) is 13.8. The van der Waals surface area contributed by atoms with E-state index >= 15 is 0 Å². The summed E-state index contributed by atoms with van der Waals surface area (Å²) in [7, 11) is 0. The normalized spacial score (nSPS) is 17.3. The van der Waals surface area contributed by atoms with Gasteiger partial charge in [0.1, 0.15) is 0 Å². The standard InChI is InChI=1S/C25H25.C13H8Cl2.C9H13.2ClH.Zr/c1-14-12-24(3,4)22-8-16-7-17-9-23-19(15(2)13-25(23,5)6)11-21(17)20(16)10-18(14)22;14-12-5-1-3-10(8-12)7-11-4-2-6-13(15)9-11;1-9(2,3)8-6-4-5-7-8;;;/h7-13H,1-6H3;1-6,8-9H;6-7H,4H2,1-3H3;2*1H;/q;;;;;+2/p-2. The van der Waals surface area contributed by atoms with Crippen LogP contribution in [0.4, 0.5) is 0 Å². The zero-order valence-electron chi connectivity index (χ0n) is 31.5. The SMILES string of the molecule is CC1=CC(C)(C)c2cc3c(cc21)-c1cc2c(cc1[CH]3[Zr+2]([C]1=CC(C(C)(C)C)=CC1)=[C](c1cccc(Cl)c1)c1cccc(Cl)c1)C(C)(C)C=C2C.[Cl-].[Cl-]. The monoisotopic (exact) mass is 840 g/mol. The van der Waals surface area contributed by atoms with E-state index < -0.39 is 21.3 Å². The molecule has 0 aromatic heterocycles. The van der Waals surface area contributed by atoms with Crippen molar-refractivity contribution >= 4 is 37.6 Å². The third-order valence-electron chi connectivity index (χ3n) is 11.6. The molecule has 0 spiro atoms. The minimum atomic E-state index is -3.03. The molecule has 0 aliphatic heterocycles. The van der Waals surface area contributed by atoms with Gasteiger partial charge in [0.05, 0.1) is 0 Å². The summed E-state index contributed by atoms with van der Waals surface area (Å²) < 4.78 is 3.40. The fourth-order valence-electron chi connectivity index (χ4n) is 9.26. The molecule has 0 N–H and O–H groups in total. The number of hydrogen-bond donors (Lipinski definition) is 0. The van der Waals surface area contributed by atoms with Gasteiger partial charge < -0.3 is 24.8 Å². The summed E-state index contributed by atoms with van der Waals surface area (Å²) in [6, 6.07) is 27.6. The minimum absolute atomic E-state index is 0. The van der Waals surface area contributed by atoms with Gasteiger partial charge >= 0.3 is 319 Å². The Bertz CT molecular complexity index is 2190. The number of allylic oxidation sites excluding steroid dienone is 8. The van der Waals surface area contributed by atoms with E-state index in [1.165, 1.54) is 75.6 Å². The van der Waals surface area contributed by atoms with Crippen molar-refractivity contribution in [2.24, 2.45) is 5.41 Å². The smallest absolute Gasteiger partial charge is 1.00 e. The van der Waals surface area contributed by atoms with E-state index in [4.69, 9.17) is 23.2 Å². The molecule has 0 fully saturated rings. The molecule has 0 bridgehead atoms. The molecular weight excluding hydrogens is 798 g/mol. The van der Waals surface area contributed by atoms with Gasteiger partial charge in [-0.2, -0.15) is 0 Å². The number of fused-ring (bicyclic) bond motifs is 5. The van der Waals surface area contributed by atoms with E-state index in [-0.39, 0.29) is 41.1 Å². The van der Waals surface area contributed by atoms with Crippen LogP contribution in [0.1, 0.15) is 117 Å². The molecule has 8 rings (SSSR count). The molecule has 0 saturated carbocycles. The van der Waals surface area contributed by atoms with Crippen LogP contribution in [-0.4, -0.2) is 3.21 Å². The van der Waals surface area contributed by atoms with Gasteiger partial charge in [-0.25, -0.2) is 0 Å². The molecule has 4 aliphatic carbocycles. The Balaban J connectivity index is 0.00000232. The summed E-state index contributed by atoms with van der Waals surface area (Å²) in [5, 5.41) is 1.54. The fraction of sp³-hybridized carbons (Fsp3) is 0.298. The van der Waals surface area contributed by atoms with Crippen LogP contribution in [0.25, 0.3) is 22.3 Å². The van der Waals surface area contributed by atoms with Crippen molar-refractivity contribution in [3.63, 3.8) is 0 Å². The molecule has 52 heavy (non-hydrogen) atoms. The first-order chi connectivity index (χ1) is 23.5. The minimum Gasteiger partial charge on any atom is -1.00 e. The summed E-state index contributed by atoms with van der Waals surface area (Å²) in [5.41, 5.74) is 18.3. The molecule has 0 radical (unpaired) electrons. The molecule has 4 aliphatic rings. The van der Waals surface area contributed by atoms with Gasteiger partial charge in [0.25, 0.3) is 0 Å². The average molecular weight is 844 g/mol. The summed E-state index contributed by atoms with van der Waals surface area (Å²) in [6.45, 7) is 21.1. The van der Waals surface area contributed by atoms with Crippen molar-refractivity contribution in [1.29, 1.82) is 0 Å². The number of hydrogen-bond acceptors (Lipinski definition) is 0. The van der Waals surface area contributed by atoms with Gasteiger partial charge in [-0.3, -0.25) is 0 Å². The Morgan fingerprint density at radius 3 is 1.54 bits per heavy atom. The van der Waals surface area contributed by atoms with Gasteiger partial charge in [-0.1, -0.05) is 0 Å². The molecule has 0 unspecified atom stereocenters. The average Bonchev–Trinajstić information content (AvgIpc) is 3.75. The van der Waals surface area contributed by atoms with Crippen LogP contribution in [-0.2, 0) is 32.1 Å². The van der Waals surface area contributed by atoms with Crippen LogP contribution in [0, 0.1) is 5.41 Å². The molecule has 4 aromatic rings. The van der Waals surface area contributed by atoms with Crippen LogP contribution in [0.2, 0.25) is 10.0 Å². The molecular formula is C47H46Cl4Zr. The van der Waals surface area contributed by atoms with Crippen LogP contribution in [0.3, 0.4) is 0 Å². The van der Waals surface area contributed by atoms with E-state index in [0.717, 1.165) is 16.5 Å². The maximum atomic E-state index is 6.84. The molecule has 266 valence electrons.